The summed E-state index contributed by atoms with van der Waals surface area (Å²) in [5, 5.41) is 4.44. The predicted octanol–water partition coefficient (Wildman–Crippen LogP) is 3.44. The van der Waals surface area contributed by atoms with E-state index in [1.165, 1.54) is 37.7 Å². The third-order valence-electron chi connectivity index (χ3n) is 3.71. The van der Waals surface area contributed by atoms with Crippen molar-refractivity contribution in [2.45, 2.75) is 31.1 Å². The van der Waals surface area contributed by atoms with E-state index < -0.39 is 0 Å². The number of nitrogen functional groups attached to an aromatic ring is 1. The highest BCUT2D eigenvalue weighted by Crippen LogP contribution is 2.44. The Bertz CT molecular complexity index is 481. The molecule has 1 aliphatic carbocycles. The van der Waals surface area contributed by atoms with Crippen molar-refractivity contribution in [3.8, 4) is 0 Å². The second kappa shape index (κ2) is 5.63. The molecule has 1 aromatic rings. The molecule has 19 heavy (non-hydrogen) atoms. The Morgan fingerprint density at radius 3 is 2.74 bits per heavy atom. The summed E-state index contributed by atoms with van der Waals surface area (Å²) in [6.07, 6.45) is 5.81. The summed E-state index contributed by atoms with van der Waals surface area (Å²) in [6.45, 7) is 3.22. The molecular formula is C13H20N2O2S2. The van der Waals surface area contributed by atoms with Crippen LogP contribution < -0.4 is 11.1 Å². The van der Waals surface area contributed by atoms with Crippen LogP contribution >= 0.6 is 23.1 Å². The first-order valence-corrected chi connectivity index (χ1v) is 8.33. The number of nitrogens with one attached hydrogen (secondary N) is 1. The van der Waals surface area contributed by atoms with Gasteiger partial charge in [-0.15, -0.1) is 23.1 Å². The predicted molar refractivity (Wildman–Crippen MR) is 82.3 cm³/mol. The van der Waals surface area contributed by atoms with Gasteiger partial charge < -0.3 is 15.8 Å². The highest BCUT2D eigenvalue weighted by Gasteiger charge is 2.32. The second-order valence-electron chi connectivity index (χ2n) is 5.22. The van der Waals surface area contributed by atoms with Crippen LogP contribution in [0.25, 0.3) is 0 Å². The average Bonchev–Trinajstić information content (AvgIpc) is 2.69. The van der Waals surface area contributed by atoms with Crippen molar-refractivity contribution >= 4 is 39.8 Å². The summed E-state index contributed by atoms with van der Waals surface area (Å²) >= 11 is 2.95. The Hall–Kier alpha value is -0.880. The smallest absolute Gasteiger partial charge is 0.350 e. The van der Waals surface area contributed by atoms with Crippen molar-refractivity contribution in [3.05, 3.63) is 4.88 Å². The van der Waals surface area contributed by atoms with Crippen LogP contribution in [0.4, 0.5) is 10.7 Å². The molecular weight excluding hydrogens is 280 g/mol. The van der Waals surface area contributed by atoms with Crippen LogP contribution in [0, 0.1) is 5.41 Å². The van der Waals surface area contributed by atoms with Gasteiger partial charge >= 0.3 is 5.97 Å². The number of hydrogen-bond donors (Lipinski definition) is 2. The summed E-state index contributed by atoms with van der Waals surface area (Å²) < 4.78 is 4.76. The summed E-state index contributed by atoms with van der Waals surface area (Å²) in [7, 11) is 1.38. The van der Waals surface area contributed by atoms with E-state index in [1.807, 2.05) is 6.26 Å². The van der Waals surface area contributed by atoms with Gasteiger partial charge in [0.25, 0.3) is 0 Å². The number of anilines is 2. The first kappa shape index (κ1) is 14.5. The summed E-state index contributed by atoms with van der Waals surface area (Å²) in [5.41, 5.74) is 6.95. The van der Waals surface area contributed by atoms with Crippen molar-refractivity contribution in [3.63, 3.8) is 0 Å². The molecule has 4 nitrogen and oxygen atoms in total. The molecule has 0 spiro atoms. The lowest BCUT2D eigenvalue weighted by Crippen LogP contribution is -2.33. The number of carbonyl (C=O) groups excluding carboxylic acids is 1. The maximum absolute atomic E-state index is 11.7. The molecule has 2 rings (SSSR count). The van der Waals surface area contributed by atoms with E-state index >= 15 is 0 Å². The lowest BCUT2D eigenvalue weighted by atomic mass is 9.70. The maximum atomic E-state index is 11.7. The molecule has 1 aliphatic rings. The van der Waals surface area contributed by atoms with Crippen LogP contribution in [0.3, 0.4) is 0 Å². The number of carbonyl (C=O) groups is 1. The Kier molecular flexibility index (Phi) is 4.30. The minimum absolute atomic E-state index is 0.360. The van der Waals surface area contributed by atoms with Gasteiger partial charge in [0.05, 0.1) is 17.7 Å². The summed E-state index contributed by atoms with van der Waals surface area (Å²) in [6, 6.07) is 0. The van der Waals surface area contributed by atoms with Crippen molar-refractivity contribution < 1.29 is 9.53 Å². The van der Waals surface area contributed by atoms with Gasteiger partial charge in [-0.2, -0.15) is 0 Å². The van der Waals surface area contributed by atoms with Gasteiger partial charge in [0.2, 0.25) is 0 Å². The molecule has 0 bridgehead atoms. The molecule has 1 heterocycles. The van der Waals surface area contributed by atoms with Crippen LogP contribution in [-0.4, -0.2) is 25.9 Å². The van der Waals surface area contributed by atoms with E-state index in [0.717, 1.165) is 16.4 Å². The van der Waals surface area contributed by atoms with E-state index in [0.29, 0.717) is 16.0 Å². The molecule has 0 amide bonds. The van der Waals surface area contributed by atoms with Crippen LogP contribution in [0.15, 0.2) is 4.90 Å². The largest absolute Gasteiger partial charge is 0.465 e. The zero-order chi connectivity index (χ0) is 14.0. The first-order chi connectivity index (χ1) is 9.00. The van der Waals surface area contributed by atoms with Gasteiger partial charge in [-0.1, -0.05) is 13.3 Å². The van der Waals surface area contributed by atoms with Crippen molar-refractivity contribution in [1.29, 1.82) is 0 Å². The summed E-state index contributed by atoms with van der Waals surface area (Å²) in [5.74, 6) is -0.360. The fourth-order valence-electron chi connectivity index (χ4n) is 2.24. The zero-order valence-corrected chi connectivity index (χ0v) is 13.2. The van der Waals surface area contributed by atoms with Crippen LogP contribution in [-0.2, 0) is 4.74 Å². The molecule has 1 aromatic heterocycles. The van der Waals surface area contributed by atoms with E-state index in [-0.39, 0.29) is 5.97 Å². The minimum atomic E-state index is -0.360. The van der Waals surface area contributed by atoms with E-state index in [1.54, 1.807) is 11.8 Å². The van der Waals surface area contributed by atoms with Crippen molar-refractivity contribution in [2.75, 3.05) is 31.0 Å². The fourth-order valence-corrected chi connectivity index (χ4v) is 4.19. The van der Waals surface area contributed by atoms with Gasteiger partial charge in [-0.25, -0.2) is 4.79 Å². The van der Waals surface area contributed by atoms with Crippen molar-refractivity contribution in [1.82, 2.24) is 0 Å². The molecule has 0 aliphatic heterocycles. The van der Waals surface area contributed by atoms with E-state index in [9.17, 15) is 4.79 Å². The lowest BCUT2D eigenvalue weighted by Gasteiger charge is -2.38. The molecule has 0 saturated heterocycles. The normalized spacial score (nSPS) is 16.8. The quantitative estimate of drug-likeness (QED) is 0.644. The molecule has 3 N–H and O–H groups in total. The molecule has 6 heteroatoms. The molecule has 1 fully saturated rings. The van der Waals surface area contributed by atoms with Crippen molar-refractivity contribution in [2.24, 2.45) is 5.41 Å². The van der Waals surface area contributed by atoms with E-state index in [4.69, 9.17) is 10.5 Å². The number of esters is 1. The monoisotopic (exact) mass is 300 g/mol. The Morgan fingerprint density at radius 1 is 1.58 bits per heavy atom. The lowest BCUT2D eigenvalue weighted by molar-refractivity contribution is 0.0607. The number of hydrogen-bond acceptors (Lipinski definition) is 6. The maximum Gasteiger partial charge on any atom is 0.350 e. The zero-order valence-electron chi connectivity index (χ0n) is 11.5. The van der Waals surface area contributed by atoms with Crippen LogP contribution in [0.1, 0.15) is 35.9 Å². The molecule has 0 radical (unpaired) electrons. The fraction of sp³-hybridized carbons (Fsp3) is 0.615. The Morgan fingerprint density at radius 2 is 2.26 bits per heavy atom. The molecule has 0 aromatic carbocycles. The van der Waals surface area contributed by atoms with Gasteiger partial charge in [0.15, 0.2) is 0 Å². The number of thioether (sulfide) groups is 1. The van der Waals surface area contributed by atoms with Crippen LogP contribution in [0.2, 0.25) is 0 Å². The van der Waals surface area contributed by atoms with Gasteiger partial charge in [0.1, 0.15) is 9.88 Å². The number of nitrogens with two attached hydrogens (primary N) is 1. The highest BCUT2D eigenvalue weighted by atomic mass is 32.2. The van der Waals surface area contributed by atoms with E-state index in [2.05, 4.69) is 12.2 Å². The average molecular weight is 300 g/mol. The molecule has 106 valence electrons. The Balaban J connectivity index is 2.17. The van der Waals surface area contributed by atoms with Gasteiger partial charge in [-0.3, -0.25) is 0 Å². The van der Waals surface area contributed by atoms with Gasteiger partial charge in [-0.05, 0) is 24.5 Å². The minimum Gasteiger partial charge on any atom is -0.465 e. The standard InChI is InChI=1S/C13H20N2O2S2/c1-13(5-4-6-13)7-15-11-9(18-3)8(14)10(19-11)12(16)17-2/h15H,4-7,14H2,1-3H3. The molecule has 0 unspecified atom stereocenters. The molecule has 0 atom stereocenters. The summed E-state index contributed by atoms with van der Waals surface area (Å²) in [4.78, 5) is 13.1. The number of thiophene rings is 1. The Labute approximate surface area is 122 Å². The second-order valence-corrected chi connectivity index (χ2v) is 7.05. The topological polar surface area (TPSA) is 64.3 Å². The third kappa shape index (κ3) is 2.84. The SMILES string of the molecule is COC(=O)c1sc(NCC2(C)CCC2)c(SC)c1N. The highest BCUT2D eigenvalue weighted by molar-refractivity contribution is 7.99. The molecule has 1 saturated carbocycles. The third-order valence-corrected chi connectivity index (χ3v) is 5.82. The number of rotatable bonds is 5. The van der Waals surface area contributed by atoms with Gasteiger partial charge in [0, 0.05) is 6.54 Å². The first-order valence-electron chi connectivity index (χ1n) is 6.29. The number of methoxy groups -OCH3 is 1. The number of ether oxygens (including phenoxy) is 1. The van der Waals surface area contributed by atoms with Crippen LogP contribution in [0.5, 0.6) is 0 Å².